The Bertz CT molecular complexity index is 610. The van der Waals surface area contributed by atoms with E-state index in [0.717, 1.165) is 35.0 Å². The topological polar surface area (TPSA) is 62.7 Å². The fourth-order valence-electron chi connectivity index (χ4n) is 2.20. The lowest BCUT2D eigenvalue weighted by atomic mass is 10.2. The van der Waals surface area contributed by atoms with Crippen LogP contribution >= 0.6 is 11.3 Å². The van der Waals surface area contributed by atoms with Crippen molar-refractivity contribution in [3.05, 3.63) is 35.3 Å². The van der Waals surface area contributed by atoms with Crippen LogP contribution in [0, 0.1) is 0 Å². The molecule has 1 aromatic carbocycles. The zero-order valence-electron chi connectivity index (χ0n) is 12.8. The molecule has 1 aromatic heterocycles. The maximum Gasteiger partial charge on any atom is 0.317 e. The van der Waals surface area contributed by atoms with Gasteiger partial charge in [0.25, 0.3) is 0 Å². The van der Waals surface area contributed by atoms with Crippen LogP contribution in [0.25, 0.3) is 10.6 Å². The number of thiazole rings is 1. The predicted octanol–water partition coefficient (Wildman–Crippen LogP) is 3.12. The first-order valence-electron chi connectivity index (χ1n) is 7.15. The van der Waals surface area contributed by atoms with Gasteiger partial charge in [-0.1, -0.05) is 6.92 Å². The molecule has 0 aliphatic heterocycles. The highest BCUT2D eigenvalue weighted by molar-refractivity contribution is 7.13. The molecule has 0 atom stereocenters. The van der Waals surface area contributed by atoms with Gasteiger partial charge in [-0.15, -0.1) is 11.3 Å². The molecule has 0 aliphatic carbocycles. The third-order valence-corrected chi connectivity index (χ3v) is 4.11. The third-order valence-electron chi connectivity index (χ3n) is 3.17. The summed E-state index contributed by atoms with van der Waals surface area (Å²) in [4.78, 5) is 17.4. The minimum atomic E-state index is -0.806. The van der Waals surface area contributed by atoms with E-state index >= 15 is 0 Å². The first kappa shape index (κ1) is 16.5. The van der Waals surface area contributed by atoms with Crippen LogP contribution in [0.5, 0.6) is 5.75 Å². The summed E-state index contributed by atoms with van der Waals surface area (Å²) >= 11 is 1.57. The van der Waals surface area contributed by atoms with Crippen molar-refractivity contribution in [2.75, 3.05) is 20.2 Å². The normalized spacial score (nSPS) is 10.9. The zero-order chi connectivity index (χ0) is 15.9. The summed E-state index contributed by atoms with van der Waals surface area (Å²) in [6.07, 6.45) is 0.919. The van der Waals surface area contributed by atoms with E-state index in [-0.39, 0.29) is 6.54 Å². The number of aliphatic carboxylic acids is 1. The number of carboxylic acid groups (broad SMARTS) is 1. The van der Waals surface area contributed by atoms with Crippen molar-refractivity contribution in [1.29, 1.82) is 0 Å². The molecule has 1 N–H and O–H groups in total. The van der Waals surface area contributed by atoms with E-state index < -0.39 is 5.97 Å². The lowest BCUT2D eigenvalue weighted by molar-refractivity contribution is -0.138. The highest BCUT2D eigenvalue weighted by Gasteiger charge is 2.12. The van der Waals surface area contributed by atoms with Crippen molar-refractivity contribution >= 4 is 17.3 Å². The molecule has 5 nitrogen and oxygen atoms in total. The quantitative estimate of drug-likeness (QED) is 0.809. The molecule has 0 spiro atoms. The molecule has 0 aliphatic rings. The lowest BCUT2D eigenvalue weighted by Crippen LogP contribution is -2.30. The molecule has 6 heteroatoms. The highest BCUT2D eigenvalue weighted by Crippen LogP contribution is 2.26. The number of benzene rings is 1. The van der Waals surface area contributed by atoms with Crippen molar-refractivity contribution in [3.8, 4) is 16.3 Å². The van der Waals surface area contributed by atoms with E-state index in [4.69, 9.17) is 9.84 Å². The van der Waals surface area contributed by atoms with Crippen LogP contribution in [-0.4, -0.2) is 41.2 Å². The molecule has 22 heavy (non-hydrogen) atoms. The average molecular weight is 320 g/mol. The second-order valence-corrected chi connectivity index (χ2v) is 5.83. The molecule has 0 bridgehead atoms. The Morgan fingerprint density at radius 2 is 2.09 bits per heavy atom. The molecule has 2 rings (SSSR count). The third kappa shape index (κ3) is 4.54. The molecule has 0 radical (unpaired) electrons. The van der Waals surface area contributed by atoms with Crippen molar-refractivity contribution < 1.29 is 14.6 Å². The summed E-state index contributed by atoms with van der Waals surface area (Å²) < 4.78 is 5.15. The molecule has 0 saturated carbocycles. The molecule has 0 unspecified atom stereocenters. The van der Waals surface area contributed by atoms with Gasteiger partial charge < -0.3 is 9.84 Å². The second kappa shape index (κ2) is 7.91. The maximum absolute atomic E-state index is 10.9. The maximum atomic E-state index is 10.9. The molecule has 0 fully saturated rings. The van der Waals surface area contributed by atoms with Gasteiger partial charge in [0.2, 0.25) is 0 Å². The van der Waals surface area contributed by atoms with Gasteiger partial charge >= 0.3 is 5.97 Å². The second-order valence-electron chi connectivity index (χ2n) is 4.98. The number of carbonyl (C=O) groups is 1. The van der Waals surface area contributed by atoms with Crippen LogP contribution in [-0.2, 0) is 11.3 Å². The van der Waals surface area contributed by atoms with Crippen LogP contribution in [0.1, 0.15) is 19.0 Å². The summed E-state index contributed by atoms with van der Waals surface area (Å²) in [7, 11) is 1.64. The van der Waals surface area contributed by atoms with E-state index in [1.807, 2.05) is 41.5 Å². The number of carboxylic acids is 1. The first-order chi connectivity index (χ1) is 10.6. The molecular weight excluding hydrogens is 300 g/mol. The Balaban J connectivity index is 2.07. The van der Waals surface area contributed by atoms with Crippen molar-refractivity contribution in [2.45, 2.75) is 19.9 Å². The van der Waals surface area contributed by atoms with Gasteiger partial charge in [-0.05, 0) is 37.2 Å². The van der Waals surface area contributed by atoms with E-state index in [9.17, 15) is 4.79 Å². The Hall–Kier alpha value is -1.92. The number of nitrogens with zero attached hydrogens (tertiary/aromatic N) is 2. The Morgan fingerprint density at radius 1 is 1.36 bits per heavy atom. The van der Waals surface area contributed by atoms with Gasteiger partial charge in [0.1, 0.15) is 10.8 Å². The van der Waals surface area contributed by atoms with Crippen molar-refractivity contribution in [1.82, 2.24) is 9.88 Å². The monoisotopic (exact) mass is 320 g/mol. The number of methoxy groups -OCH3 is 1. The number of aromatic nitrogens is 1. The summed E-state index contributed by atoms with van der Waals surface area (Å²) in [6.45, 7) is 3.40. The molecule has 0 saturated heterocycles. The van der Waals surface area contributed by atoms with Gasteiger partial charge in [0, 0.05) is 17.5 Å². The fraction of sp³-hybridized carbons (Fsp3) is 0.375. The summed E-state index contributed by atoms with van der Waals surface area (Å²) in [5.74, 6) is 0.00941. The SMILES string of the molecule is CCCN(CC(=O)O)Cc1csc(-c2ccc(OC)cc2)n1. The molecule has 0 amide bonds. The summed E-state index contributed by atoms with van der Waals surface area (Å²) in [6, 6.07) is 7.76. The van der Waals surface area contributed by atoms with Gasteiger partial charge in [0.05, 0.1) is 19.3 Å². The van der Waals surface area contributed by atoms with E-state index in [1.54, 1.807) is 18.4 Å². The standard InChI is InChI=1S/C16H20N2O3S/c1-3-8-18(10-15(19)20)9-13-11-22-16(17-13)12-4-6-14(21-2)7-5-12/h4-7,11H,3,8-10H2,1-2H3,(H,19,20). The number of ether oxygens (including phenoxy) is 1. The van der Waals surface area contributed by atoms with Gasteiger partial charge in [-0.3, -0.25) is 9.69 Å². The predicted molar refractivity (Wildman–Crippen MR) is 87.3 cm³/mol. The molecule has 1 heterocycles. The van der Waals surface area contributed by atoms with Crippen LogP contribution in [0.4, 0.5) is 0 Å². The number of hydrogen-bond donors (Lipinski definition) is 1. The van der Waals surface area contributed by atoms with Crippen LogP contribution in [0.2, 0.25) is 0 Å². The number of hydrogen-bond acceptors (Lipinski definition) is 5. The molecular formula is C16H20N2O3S. The summed E-state index contributed by atoms with van der Waals surface area (Å²) in [5.41, 5.74) is 1.95. The number of rotatable bonds is 8. The van der Waals surface area contributed by atoms with E-state index in [0.29, 0.717) is 6.54 Å². The van der Waals surface area contributed by atoms with Crippen LogP contribution in [0.15, 0.2) is 29.6 Å². The van der Waals surface area contributed by atoms with E-state index in [2.05, 4.69) is 4.98 Å². The van der Waals surface area contributed by atoms with Gasteiger partial charge in [-0.25, -0.2) is 4.98 Å². The fourth-order valence-corrected chi connectivity index (χ4v) is 3.01. The average Bonchev–Trinajstić information content (AvgIpc) is 2.95. The minimum absolute atomic E-state index is 0.0449. The summed E-state index contributed by atoms with van der Waals surface area (Å²) in [5, 5.41) is 11.9. The Morgan fingerprint density at radius 3 is 2.68 bits per heavy atom. The highest BCUT2D eigenvalue weighted by atomic mass is 32.1. The first-order valence-corrected chi connectivity index (χ1v) is 8.03. The molecule has 118 valence electrons. The lowest BCUT2D eigenvalue weighted by Gasteiger charge is -2.17. The zero-order valence-corrected chi connectivity index (χ0v) is 13.6. The molecule has 2 aromatic rings. The smallest absolute Gasteiger partial charge is 0.317 e. The van der Waals surface area contributed by atoms with Crippen molar-refractivity contribution in [2.24, 2.45) is 0 Å². The van der Waals surface area contributed by atoms with Gasteiger partial charge in [0.15, 0.2) is 0 Å². The van der Waals surface area contributed by atoms with Crippen LogP contribution < -0.4 is 4.74 Å². The van der Waals surface area contributed by atoms with Crippen molar-refractivity contribution in [3.63, 3.8) is 0 Å². The largest absolute Gasteiger partial charge is 0.497 e. The minimum Gasteiger partial charge on any atom is -0.497 e. The van der Waals surface area contributed by atoms with Gasteiger partial charge in [-0.2, -0.15) is 0 Å². The Kier molecular flexibility index (Phi) is 5.91. The van der Waals surface area contributed by atoms with Crippen LogP contribution in [0.3, 0.4) is 0 Å². The Labute approximate surface area is 134 Å². The van der Waals surface area contributed by atoms with E-state index in [1.165, 1.54) is 0 Å².